The summed E-state index contributed by atoms with van der Waals surface area (Å²) in [5.41, 5.74) is -0.135. The van der Waals surface area contributed by atoms with Gasteiger partial charge in [0.15, 0.2) is 5.75 Å². The molecule has 1 aromatic carbocycles. The highest BCUT2D eigenvalue weighted by Gasteiger charge is 2.25. The van der Waals surface area contributed by atoms with Gasteiger partial charge in [0.1, 0.15) is 6.07 Å². The van der Waals surface area contributed by atoms with Crippen LogP contribution in [0.15, 0.2) is 12.1 Å². The van der Waals surface area contributed by atoms with E-state index in [2.05, 4.69) is 0 Å². The maximum absolute atomic E-state index is 10.8. The number of hydrogen-bond donors (Lipinski definition) is 0. The van der Waals surface area contributed by atoms with Gasteiger partial charge >= 0.3 is 5.69 Å². The SMILES string of the molecule is N#Cc1cc([N+](=O)[O-])c(OCC2CC2)cc1Cl. The average Bonchev–Trinajstić information content (AvgIpc) is 3.09. The van der Waals surface area contributed by atoms with E-state index in [1.807, 2.05) is 0 Å². The van der Waals surface area contributed by atoms with Crippen LogP contribution in [0.4, 0.5) is 5.69 Å². The van der Waals surface area contributed by atoms with E-state index in [-0.39, 0.29) is 22.0 Å². The van der Waals surface area contributed by atoms with Crippen molar-refractivity contribution in [1.82, 2.24) is 0 Å². The largest absolute Gasteiger partial charge is 0.486 e. The second kappa shape index (κ2) is 4.60. The molecule has 1 aliphatic rings. The molecule has 0 unspecified atom stereocenters. The molecule has 0 bridgehead atoms. The van der Waals surface area contributed by atoms with Crippen molar-refractivity contribution in [2.75, 3.05) is 6.61 Å². The lowest BCUT2D eigenvalue weighted by Crippen LogP contribution is -2.02. The zero-order valence-electron chi connectivity index (χ0n) is 8.85. The van der Waals surface area contributed by atoms with Crippen molar-refractivity contribution in [3.63, 3.8) is 0 Å². The first kappa shape index (κ1) is 11.7. The summed E-state index contributed by atoms with van der Waals surface area (Å²) in [4.78, 5) is 10.3. The highest BCUT2D eigenvalue weighted by atomic mass is 35.5. The van der Waals surface area contributed by atoms with Gasteiger partial charge in [0.25, 0.3) is 0 Å². The molecule has 0 radical (unpaired) electrons. The van der Waals surface area contributed by atoms with E-state index in [9.17, 15) is 10.1 Å². The molecule has 0 aromatic heterocycles. The van der Waals surface area contributed by atoms with Gasteiger partial charge in [-0.15, -0.1) is 0 Å². The van der Waals surface area contributed by atoms with E-state index < -0.39 is 4.92 Å². The number of ether oxygens (including phenoxy) is 1. The normalized spacial score (nSPS) is 14.1. The van der Waals surface area contributed by atoms with Crippen LogP contribution in [0, 0.1) is 27.4 Å². The number of nitriles is 1. The quantitative estimate of drug-likeness (QED) is 0.610. The van der Waals surface area contributed by atoms with Gasteiger partial charge in [-0.3, -0.25) is 10.1 Å². The first-order valence-electron chi connectivity index (χ1n) is 5.12. The molecule has 2 rings (SSSR count). The molecule has 0 saturated heterocycles. The van der Waals surface area contributed by atoms with Crippen LogP contribution in [0.2, 0.25) is 5.02 Å². The van der Waals surface area contributed by atoms with Crippen LogP contribution in [-0.2, 0) is 0 Å². The first-order chi connectivity index (χ1) is 8.11. The molecule has 0 heterocycles. The summed E-state index contributed by atoms with van der Waals surface area (Å²) in [6, 6.07) is 4.28. The first-order valence-corrected chi connectivity index (χ1v) is 5.50. The minimum atomic E-state index is -0.570. The van der Waals surface area contributed by atoms with Crippen molar-refractivity contribution in [2.24, 2.45) is 5.92 Å². The minimum absolute atomic E-state index is 0.0807. The predicted octanol–water partition coefficient (Wildman–Crippen LogP) is 2.91. The molecule has 1 aliphatic carbocycles. The fraction of sp³-hybridized carbons (Fsp3) is 0.364. The third-order valence-corrected chi connectivity index (χ3v) is 2.85. The lowest BCUT2D eigenvalue weighted by Gasteiger charge is -2.06. The number of benzene rings is 1. The summed E-state index contributed by atoms with van der Waals surface area (Å²) in [7, 11) is 0. The number of nitrogens with zero attached hydrogens (tertiary/aromatic N) is 2. The number of rotatable bonds is 4. The summed E-state index contributed by atoms with van der Waals surface area (Å²) < 4.78 is 5.37. The number of halogens is 1. The Balaban J connectivity index is 2.30. The zero-order valence-corrected chi connectivity index (χ0v) is 9.61. The lowest BCUT2D eigenvalue weighted by molar-refractivity contribution is -0.385. The van der Waals surface area contributed by atoms with Crippen LogP contribution in [0.1, 0.15) is 18.4 Å². The van der Waals surface area contributed by atoms with Gasteiger partial charge in [-0.2, -0.15) is 5.26 Å². The van der Waals surface area contributed by atoms with Crippen LogP contribution >= 0.6 is 11.6 Å². The van der Waals surface area contributed by atoms with Gasteiger partial charge in [0.05, 0.1) is 22.1 Å². The summed E-state index contributed by atoms with van der Waals surface area (Å²) >= 11 is 5.81. The topological polar surface area (TPSA) is 76.2 Å². The Labute approximate surface area is 103 Å². The fourth-order valence-electron chi connectivity index (χ4n) is 1.38. The van der Waals surface area contributed by atoms with Gasteiger partial charge in [0, 0.05) is 12.1 Å². The Kier molecular flexibility index (Phi) is 3.16. The number of nitro groups is 1. The third-order valence-electron chi connectivity index (χ3n) is 2.54. The molecule has 0 aliphatic heterocycles. The van der Waals surface area contributed by atoms with E-state index in [1.165, 1.54) is 6.07 Å². The summed E-state index contributed by atoms with van der Waals surface area (Å²) in [6.45, 7) is 0.461. The van der Waals surface area contributed by atoms with Crippen molar-refractivity contribution < 1.29 is 9.66 Å². The standard InChI is InChI=1S/C11H9ClN2O3/c12-9-4-11(17-6-7-1-2-7)10(14(15)16)3-8(9)5-13/h3-4,7H,1-2,6H2. The molecule has 88 valence electrons. The Morgan fingerprint density at radius 3 is 2.82 bits per heavy atom. The van der Waals surface area contributed by atoms with E-state index in [0.29, 0.717) is 12.5 Å². The molecule has 0 atom stereocenters. The lowest BCUT2D eigenvalue weighted by atomic mass is 10.2. The Hall–Kier alpha value is -1.80. The van der Waals surface area contributed by atoms with E-state index >= 15 is 0 Å². The van der Waals surface area contributed by atoms with E-state index in [0.717, 1.165) is 18.9 Å². The summed E-state index contributed by atoms with van der Waals surface area (Å²) in [6.07, 6.45) is 2.19. The van der Waals surface area contributed by atoms with Crippen molar-refractivity contribution in [2.45, 2.75) is 12.8 Å². The number of hydrogen-bond acceptors (Lipinski definition) is 4. The molecule has 0 N–H and O–H groups in total. The second-order valence-corrected chi connectivity index (χ2v) is 4.33. The summed E-state index contributed by atoms with van der Waals surface area (Å²) in [5, 5.41) is 19.8. The van der Waals surface area contributed by atoms with Crippen LogP contribution in [-0.4, -0.2) is 11.5 Å². The monoisotopic (exact) mass is 252 g/mol. The van der Waals surface area contributed by atoms with E-state index in [4.69, 9.17) is 21.6 Å². The summed E-state index contributed by atoms with van der Waals surface area (Å²) in [5.74, 6) is 0.620. The van der Waals surface area contributed by atoms with Crippen molar-refractivity contribution >= 4 is 17.3 Å². The molecule has 0 amide bonds. The van der Waals surface area contributed by atoms with Crippen LogP contribution in [0.25, 0.3) is 0 Å². The molecule has 6 heteroatoms. The van der Waals surface area contributed by atoms with Gasteiger partial charge < -0.3 is 4.74 Å². The maximum atomic E-state index is 10.8. The fourth-order valence-corrected chi connectivity index (χ4v) is 1.58. The van der Waals surface area contributed by atoms with Gasteiger partial charge in [-0.1, -0.05) is 11.6 Å². The Morgan fingerprint density at radius 2 is 2.29 bits per heavy atom. The molecule has 1 saturated carbocycles. The molecule has 5 nitrogen and oxygen atoms in total. The van der Waals surface area contributed by atoms with E-state index in [1.54, 1.807) is 6.07 Å². The Morgan fingerprint density at radius 1 is 1.59 bits per heavy atom. The van der Waals surface area contributed by atoms with Crippen molar-refractivity contribution in [3.05, 3.63) is 32.8 Å². The van der Waals surface area contributed by atoms with Crippen molar-refractivity contribution in [3.8, 4) is 11.8 Å². The highest BCUT2D eigenvalue weighted by molar-refractivity contribution is 6.32. The molecule has 1 aromatic rings. The highest BCUT2D eigenvalue weighted by Crippen LogP contribution is 2.35. The van der Waals surface area contributed by atoms with Gasteiger partial charge in [0.2, 0.25) is 0 Å². The number of nitro benzene ring substituents is 1. The predicted molar refractivity (Wildman–Crippen MR) is 61.0 cm³/mol. The molecule has 17 heavy (non-hydrogen) atoms. The second-order valence-electron chi connectivity index (χ2n) is 3.92. The Bertz CT molecular complexity index is 506. The molecular weight excluding hydrogens is 244 g/mol. The minimum Gasteiger partial charge on any atom is -0.486 e. The molecular formula is C11H9ClN2O3. The van der Waals surface area contributed by atoms with Gasteiger partial charge in [-0.05, 0) is 18.8 Å². The smallest absolute Gasteiger partial charge is 0.312 e. The zero-order chi connectivity index (χ0) is 12.4. The van der Waals surface area contributed by atoms with Crippen LogP contribution < -0.4 is 4.74 Å². The molecule has 1 fully saturated rings. The van der Waals surface area contributed by atoms with Gasteiger partial charge in [-0.25, -0.2) is 0 Å². The molecule has 0 spiro atoms. The third kappa shape index (κ3) is 2.66. The average molecular weight is 253 g/mol. The van der Waals surface area contributed by atoms with Crippen LogP contribution in [0.5, 0.6) is 5.75 Å². The van der Waals surface area contributed by atoms with Crippen LogP contribution in [0.3, 0.4) is 0 Å². The maximum Gasteiger partial charge on any atom is 0.312 e. The van der Waals surface area contributed by atoms with Crippen molar-refractivity contribution in [1.29, 1.82) is 5.26 Å².